The van der Waals surface area contributed by atoms with Gasteiger partial charge in [-0.3, -0.25) is 4.90 Å². The van der Waals surface area contributed by atoms with E-state index in [4.69, 9.17) is 0 Å². The first-order valence-electron chi connectivity index (χ1n) is 8.39. The van der Waals surface area contributed by atoms with E-state index in [9.17, 15) is 48.3 Å². The van der Waals surface area contributed by atoms with E-state index >= 15 is 0 Å². The van der Waals surface area contributed by atoms with Gasteiger partial charge in [-0.15, -0.1) is 0 Å². The highest BCUT2D eigenvalue weighted by Crippen LogP contribution is 2.44. The third-order valence-corrected chi connectivity index (χ3v) is 4.02. The van der Waals surface area contributed by atoms with Crippen molar-refractivity contribution in [3.63, 3.8) is 0 Å². The molecule has 0 radical (unpaired) electrons. The van der Waals surface area contributed by atoms with Gasteiger partial charge in [0.05, 0.1) is 0 Å². The molecule has 1 heterocycles. The van der Waals surface area contributed by atoms with Crippen LogP contribution in [0.15, 0.2) is 0 Å². The van der Waals surface area contributed by atoms with Crippen LogP contribution in [0, 0.1) is 0 Å². The van der Waals surface area contributed by atoms with Crippen LogP contribution in [0.2, 0.25) is 0 Å². The first kappa shape index (κ1) is 27.1. The number of likely N-dealkylation sites (tertiary alicyclic amines) is 1. The predicted molar refractivity (Wildman–Crippen MR) is 78.3 cm³/mol. The summed E-state index contributed by atoms with van der Waals surface area (Å²) in [4.78, 5) is 0.485. The van der Waals surface area contributed by atoms with E-state index in [1.54, 1.807) is 0 Å². The second-order valence-electron chi connectivity index (χ2n) is 5.96. The highest BCUT2D eigenvalue weighted by molar-refractivity contribution is 5.00. The fourth-order valence-corrected chi connectivity index (χ4v) is 2.46. The maximum absolute atomic E-state index is 14.5. The molecule has 4 atom stereocenters. The minimum Gasteiger partial charge on any atom is -0.368 e. The van der Waals surface area contributed by atoms with Crippen molar-refractivity contribution in [1.82, 2.24) is 4.90 Å². The fraction of sp³-hybridized carbons (Fsp3) is 1.00. The van der Waals surface area contributed by atoms with Crippen LogP contribution in [0.1, 0.15) is 33.6 Å². The monoisotopic (exact) mass is 441 g/mol. The zero-order valence-electron chi connectivity index (χ0n) is 15.3. The van der Waals surface area contributed by atoms with Crippen molar-refractivity contribution >= 4 is 0 Å². The van der Waals surface area contributed by atoms with Gasteiger partial charge in [-0.2, -0.15) is 26.3 Å². The first-order chi connectivity index (χ1) is 12.5. The van der Waals surface area contributed by atoms with Gasteiger partial charge in [0.2, 0.25) is 0 Å². The lowest BCUT2D eigenvalue weighted by molar-refractivity contribution is -0.310. The molecule has 1 aliphatic heterocycles. The quantitative estimate of drug-likeness (QED) is 0.376. The lowest BCUT2D eigenvalue weighted by atomic mass is 9.96. The topological polar surface area (TPSA) is 12.5 Å². The van der Waals surface area contributed by atoms with Crippen LogP contribution in [0.25, 0.3) is 0 Å². The number of rotatable bonds is 7. The average Bonchev–Trinajstić information content (AvgIpc) is 3.12. The summed E-state index contributed by atoms with van der Waals surface area (Å²) in [5.74, 6) is -5.28. The molecule has 1 saturated heterocycles. The number of halogens is 11. The Morgan fingerprint density at radius 2 is 1.29 bits per heavy atom. The maximum atomic E-state index is 14.5. The van der Waals surface area contributed by atoms with E-state index in [0.29, 0.717) is 4.90 Å². The summed E-state index contributed by atoms with van der Waals surface area (Å²) < 4.78 is 147. The van der Waals surface area contributed by atoms with Crippen LogP contribution in [0.5, 0.6) is 0 Å². The molecule has 0 aliphatic carbocycles. The van der Waals surface area contributed by atoms with Crippen molar-refractivity contribution in [2.45, 2.75) is 76.1 Å². The fourth-order valence-electron chi connectivity index (χ4n) is 2.46. The average molecular weight is 441 g/mol. The molecule has 0 amide bonds. The van der Waals surface area contributed by atoms with E-state index in [0.717, 1.165) is 0 Å². The van der Waals surface area contributed by atoms with Gasteiger partial charge in [-0.25, -0.2) is 22.0 Å². The molecule has 1 rings (SSSR count). The molecule has 0 aromatic carbocycles. The lowest BCUT2D eigenvalue weighted by Crippen LogP contribution is -2.62. The summed E-state index contributed by atoms with van der Waals surface area (Å²) in [6.45, 7) is 1.27. The number of nitrogens with zero attached hydrogens (tertiary/aromatic N) is 1. The maximum Gasteiger partial charge on any atom is 0.429 e. The van der Waals surface area contributed by atoms with Gasteiger partial charge in [0, 0.05) is 13.1 Å². The van der Waals surface area contributed by atoms with Gasteiger partial charge in [0.15, 0.2) is 6.30 Å². The summed E-state index contributed by atoms with van der Waals surface area (Å²) in [5.41, 5.74) is -4.79. The van der Waals surface area contributed by atoms with Crippen molar-refractivity contribution in [2.24, 2.45) is 0 Å². The van der Waals surface area contributed by atoms with Crippen molar-refractivity contribution in [2.75, 3.05) is 19.7 Å². The Morgan fingerprint density at radius 3 is 1.64 bits per heavy atom. The third-order valence-electron chi connectivity index (χ3n) is 4.02. The van der Waals surface area contributed by atoms with E-state index in [1.165, 1.54) is 0 Å². The SMILES string of the molecule is CC.CC(OCC(F)(F)C(F)C(F)(F)F)C(F)(C(F)N1CCCC1)C(F)(F)F. The van der Waals surface area contributed by atoms with Gasteiger partial charge in [-0.1, -0.05) is 13.8 Å². The molecule has 0 spiro atoms. The second-order valence-corrected chi connectivity index (χ2v) is 5.96. The van der Waals surface area contributed by atoms with E-state index < -0.39 is 49.1 Å². The predicted octanol–water partition coefficient (Wildman–Crippen LogP) is 5.62. The molecule has 0 bridgehead atoms. The Morgan fingerprint density at radius 1 is 0.857 bits per heavy atom. The standard InChI is InChI=1S/C13H16F11NO.C2H6/c1-7(26-6-10(16,17)8(14)12(19,20)21)11(18,13(22,23)24)9(15)25-4-2-3-5-25;1-2/h7-9H,2-6H2,1H3;1-2H3. The van der Waals surface area contributed by atoms with Crippen LogP contribution < -0.4 is 0 Å². The molecule has 0 aromatic heterocycles. The molecule has 170 valence electrons. The summed E-state index contributed by atoms with van der Waals surface area (Å²) in [7, 11) is 0. The normalized spacial score (nSPS) is 22.1. The Kier molecular flexibility index (Phi) is 9.47. The van der Waals surface area contributed by atoms with Crippen molar-refractivity contribution in [3.8, 4) is 0 Å². The zero-order chi connectivity index (χ0) is 22.6. The molecule has 1 fully saturated rings. The first-order valence-corrected chi connectivity index (χ1v) is 8.39. The Balaban J connectivity index is 0.00000352. The van der Waals surface area contributed by atoms with Gasteiger partial charge >= 0.3 is 18.3 Å². The van der Waals surface area contributed by atoms with Crippen LogP contribution in [-0.2, 0) is 4.74 Å². The number of alkyl halides is 11. The molecule has 28 heavy (non-hydrogen) atoms. The molecular formula is C15H22F11NO. The smallest absolute Gasteiger partial charge is 0.368 e. The summed E-state index contributed by atoms with van der Waals surface area (Å²) in [6, 6.07) is 0. The van der Waals surface area contributed by atoms with Crippen LogP contribution in [0.4, 0.5) is 48.3 Å². The van der Waals surface area contributed by atoms with E-state index in [2.05, 4.69) is 4.74 Å². The Hall–Kier alpha value is -0.850. The number of hydrogen-bond acceptors (Lipinski definition) is 2. The summed E-state index contributed by atoms with van der Waals surface area (Å²) >= 11 is 0. The highest BCUT2D eigenvalue weighted by Gasteiger charge is 2.67. The van der Waals surface area contributed by atoms with Crippen LogP contribution in [0.3, 0.4) is 0 Å². The molecule has 2 nitrogen and oxygen atoms in total. The highest BCUT2D eigenvalue weighted by atomic mass is 19.4. The van der Waals surface area contributed by atoms with Crippen molar-refractivity contribution in [1.29, 1.82) is 0 Å². The molecule has 4 unspecified atom stereocenters. The van der Waals surface area contributed by atoms with Crippen LogP contribution in [-0.4, -0.2) is 67.1 Å². The second kappa shape index (κ2) is 9.77. The minimum atomic E-state index is -6.01. The Labute approximate surface area is 155 Å². The largest absolute Gasteiger partial charge is 0.429 e. The van der Waals surface area contributed by atoms with Gasteiger partial charge < -0.3 is 4.74 Å². The van der Waals surface area contributed by atoms with Crippen molar-refractivity contribution in [3.05, 3.63) is 0 Å². The number of ether oxygens (including phenoxy) is 1. The van der Waals surface area contributed by atoms with Gasteiger partial charge in [-0.05, 0) is 19.8 Å². The summed E-state index contributed by atoms with van der Waals surface area (Å²) in [6.07, 6.45) is -22.4. The van der Waals surface area contributed by atoms with Gasteiger partial charge in [0.25, 0.3) is 11.8 Å². The molecule has 0 saturated carbocycles. The summed E-state index contributed by atoms with van der Waals surface area (Å²) in [5, 5.41) is 0. The Bertz CT molecular complexity index is 462. The number of hydrogen-bond donors (Lipinski definition) is 0. The molecule has 0 aromatic rings. The third kappa shape index (κ3) is 6.07. The lowest BCUT2D eigenvalue weighted by Gasteiger charge is -2.39. The van der Waals surface area contributed by atoms with E-state index in [-0.39, 0.29) is 32.9 Å². The zero-order valence-corrected chi connectivity index (χ0v) is 15.3. The molecule has 1 aliphatic rings. The van der Waals surface area contributed by atoms with Crippen LogP contribution >= 0.6 is 0 Å². The van der Waals surface area contributed by atoms with Gasteiger partial charge in [0.1, 0.15) is 12.7 Å². The molecule has 0 N–H and O–H groups in total. The minimum absolute atomic E-state index is 0.230. The molecule has 13 heteroatoms. The van der Waals surface area contributed by atoms with E-state index in [1.807, 2.05) is 13.8 Å². The van der Waals surface area contributed by atoms with Crippen molar-refractivity contribution < 1.29 is 53.0 Å². The molecular weight excluding hydrogens is 419 g/mol.